The van der Waals surface area contributed by atoms with Gasteiger partial charge in [-0.2, -0.15) is 0 Å². The van der Waals surface area contributed by atoms with Gasteiger partial charge in [-0.05, 0) is 57.0 Å². The fourth-order valence-corrected chi connectivity index (χ4v) is 5.09. The molecule has 0 N–H and O–H groups in total. The number of aromatic nitrogens is 2. The van der Waals surface area contributed by atoms with Gasteiger partial charge in [0, 0.05) is 85.5 Å². The van der Waals surface area contributed by atoms with E-state index in [1.165, 1.54) is 16.6 Å². The fourth-order valence-electron chi connectivity index (χ4n) is 3.78. The molecule has 0 spiro atoms. The van der Waals surface area contributed by atoms with Crippen LogP contribution in [0.5, 0.6) is 0 Å². The molecule has 164 valence electrons. The molecule has 1 aliphatic rings. The van der Waals surface area contributed by atoms with Gasteiger partial charge in [-0.3, -0.25) is 3.97 Å². The van der Waals surface area contributed by atoms with Crippen LogP contribution in [0.2, 0.25) is 0 Å². The Kier molecular flexibility index (Phi) is 6.39. The van der Waals surface area contributed by atoms with Crippen molar-refractivity contribution in [3.8, 4) is 11.1 Å². The summed E-state index contributed by atoms with van der Waals surface area (Å²) < 4.78 is 7.58. The molecular formula is C23H27IN4O2S. The number of halogens is 1. The zero-order valence-corrected chi connectivity index (χ0v) is 21.2. The van der Waals surface area contributed by atoms with Gasteiger partial charge in [0.15, 0.2) is 5.65 Å². The van der Waals surface area contributed by atoms with Crippen molar-refractivity contribution in [3.63, 3.8) is 0 Å². The van der Waals surface area contributed by atoms with E-state index in [1.807, 2.05) is 27.0 Å². The average Bonchev–Trinajstić information content (AvgIpc) is 3.08. The van der Waals surface area contributed by atoms with Crippen molar-refractivity contribution >= 4 is 53.1 Å². The largest absolute Gasteiger partial charge is 0.444 e. The second-order valence-corrected chi connectivity index (χ2v) is 10.5. The zero-order chi connectivity index (χ0) is 22.2. The maximum absolute atomic E-state index is 12.3. The number of amides is 1. The van der Waals surface area contributed by atoms with E-state index in [0.29, 0.717) is 13.1 Å². The lowest BCUT2D eigenvalue weighted by Crippen LogP contribution is -2.50. The lowest BCUT2D eigenvalue weighted by molar-refractivity contribution is 0.0240. The summed E-state index contributed by atoms with van der Waals surface area (Å²) in [4.78, 5) is 21.1. The molecule has 0 saturated carbocycles. The minimum Gasteiger partial charge on any atom is -0.444 e. The first-order valence-electron chi connectivity index (χ1n) is 10.4. The molecule has 31 heavy (non-hydrogen) atoms. The molecule has 1 aromatic carbocycles. The van der Waals surface area contributed by atoms with Crippen molar-refractivity contribution in [2.75, 3.05) is 31.1 Å². The second kappa shape index (κ2) is 8.90. The fraction of sp³-hybridized carbons (Fsp3) is 0.391. The quantitative estimate of drug-likeness (QED) is 0.380. The standard InChI is InChI=1S/C23H27IN4O2S/c1-16-15-28(31-24)21-20(16)13-18(14-25-21)17-5-7-19(8-6-17)26-9-11-27(12-10-26)22(29)30-23(2,3)4/h5-8,13-15H,9-12H2,1-4H3. The van der Waals surface area contributed by atoms with Gasteiger partial charge < -0.3 is 14.5 Å². The van der Waals surface area contributed by atoms with E-state index in [4.69, 9.17) is 4.74 Å². The van der Waals surface area contributed by atoms with Crippen LogP contribution >= 0.6 is 30.3 Å². The third-order valence-electron chi connectivity index (χ3n) is 5.38. The van der Waals surface area contributed by atoms with E-state index in [-0.39, 0.29) is 6.09 Å². The van der Waals surface area contributed by atoms with Crippen molar-refractivity contribution in [1.82, 2.24) is 13.9 Å². The Balaban J connectivity index is 1.44. The molecule has 3 heterocycles. The minimum atomic E-state index is -0.460. The van der Waals surface area contributed by atoms with Crippen molar-refractivity contribution in [3.05, 3.63) is 48.3 Å². The topological polar surface area (TPSA) is 50.6 Å². The Bertz CT molecular complexity index is 1080. The number of benzene rings is 1. The van der Waals surface area contributed by atoms with Crippen LogP contribution < -0.4 is 4.90 Å². The van der Waals surface area contributed by atoms with Crippen LogP contribution in [0.15, 0.2) is 42.7 Å². The van der Waals surface area contributed by atoms with Crippen LogP contribution in [0.3, 0.4) is 0 Å². The number of aryl methyl sites for hydroxylation is 1. The summed E-state index contributed by atoms with van der Waals surface area (Å²) in [7, 11) is 1.63. The van der Waals surface area contributed by atoms with Gasteiger partial charge in [-0.1, -0.05) is 12.1 Å². The zero-order valence-electron chi connectivity index (χ0n) is 18.3. The number of pyridine rings is 1. The Hall–Kier alpha value is -1.94. The van der Waals surface area contributed by atoms with Gasteiger partial charge in [-0.25, -0.2) is 9.78 Å². The van der Waals surface area contributed by atoms with E-state index in [9.17, 15) is 4.79 Å². The third kappa shape index (κ3) is 4.95. The molecule has 3 aromatic rings. The molecule has 0 bridgehead atoms. The number of hydrogen-bond donors (Lipinski definition) is 0. The summed E-state index contributed by atoms with van der Waals surface area (Å²) in [6.07, 6.45) is 3.84. The summed E-state index contributed by atoms with van der Waals surface area (Å²) in [5.74, 6) is 0. The molecule has 1 amide bonds. The minimum absolute atomic E-state index is 0.226. The Labute approximate surface area is 199 Å². The average molecular weight is 550 g/mol. The first-order valence-corrected chi connectivity index (χ1v) is 13.7. The van der Waals surface area contributed by atoms with Gasteiger partial charge in [0.05, 0.1) is 0 Å². The summed E-state index contributed by atoms with van der Waals surface area (Å²) >= 11 is 2.28. The third-order valence-corrected chi connectivity index (χ3v) is 7.08. The Morgan fingerprint density at radius 2 is 1.77 bits per heavy atom. The molecule has 0 atom stereocenters. The second-order valence-electron chi connectivity index (χ2n) is 8.80. The Morgan fingerprint density at radius 3 is 2.39 bits per heavy atom. The Morgan fingerprint density at radius 1 is 1.10 bits per heavy atom. The highest BCUT2D eigenvalue weighted by atomic mass is 127. The lowest BCUT2D eigenvalue weighted by Gasteiger charge is -2.36. The molecule has 2 aromatic heterocycles. The van der Waals surface area contributed by atoms with Crippen LogP contribution in [0.4, 0.5) is 10.5 Å². The highest BCUT2D eigenvalue weighted by Crippen LogP contribution is 2.31. The summed E-state index contributed by atoms with van der Waals surface area (Å²) in [6.45, 7) is 10.8. The number of hydrogen-bond acceptors (Lipinski definition) is 5. The van der Waals surface area contributed by atoms with Gasteiger partial charge >= 0.3 is 6.09 Å². The summed E-state index contributed by atoms with van der Waals surface area (Å²) in [5, 5.41) is 1.18. The number of fused-ring (bicyclic) bond motifs is 1. The smallest absolute Gasteiger partial charge is 0.410 e. The summed E-state index contributed by atoms with van der Waals surface area (Å²) in [5.41, 5.74) is 5.21. The van der Waals surface area contributed by atoms with Crippen molar-refractivity contribution in [1.29, 1.82) is 0 Å². The molecule has 4 rings (SSSR count). The predicted molar refractivity (Wildman–Crippen MR) is 137 cm³/mol. The SMILES string of the molecule is Cc1cn(SI)c2ncc(-c3ccc(N4CCN(C(=O)OC(C)(C)C)CC4)cc3)cc12. The molecule has 1 aliphatic heterocycles. The maximum Gasteiger partial charge on any atom is 0.410 e. The molecule has 0 unspecified atom stereocenters. The van der Waals surface area contributed by atoms with Gasteiger partial charge in [-0.15, -0.1) is 0 Å². The first kappa shape index (κ1) is 22.3. The number of ether oxygens (including phenoxy) is 1. The van der Waals surface area contributed by atoms with Crippen LogP contribution in [0.25, 0.3) is 22.2 Å². The number of nitrogens with zero attached hydrogens (tertiary/aromatic N) is 4. The molecule has 1 fully saturated rings. The van der Waals surface area contributed by atoms with E-state index in [1.54, 1.807) is 14.0 Å². The normalized spacial score (nSPS) is 14.9. The molecular weight excluding hydrogens is 523 g/mol. The van der Waals surface area contributed by atoms with Crippen LogP contribution in [-0.2, 0) is 4.74 Å². The molecule has 0 aliphatic carbocycles. The number of piperazine rings is 1. The van der Waals surface area contributed by atoms with E-state index in [0.717, 1.165) is 29.9 Å². The van der Waals surface area contributed by atoms with Crippen LogP contribution in [-0.4, -0.2) is 51.7 Å². The number of anilines is 1. The summed E-state index contributed by atoms with van der Waals surface area (Å²) in [6, 6.07) is 10.8. The van der Waals surface area contributed by atoms with Gasteiger partial charge in [0.2, 0.25) is 0 Å². The van der Waals surface area contributed by atoms with E-state index in [2.05, 4.69) is 78.5 Å². The number of carbonyl (C=O) groups is 1. The van der Waals surface area contributed by atoms with Crippen molar-refractivity contribution in [2.24, 2.45) is 0 Å². The van der Waals surface area contributed by atoms with E-state index >= 15 is 0 Å². The maximum atomic E-state index is 12.3. The predicted octanol–water partition coefficient (Wildman–Crippen LogP) is 5.92. The monoisotopic (exact) mass is 550 g/mol. The molecule has 1 saturated heterocycles. The van der Waals surface area contributed by atoms with Gasteiger partial charge in [0.1, 0.15) is 5.60 Å². The van der Waals surface area contributed by atoms with Crippen LogP contribution in [0.1, 0.15) is 26.3 Å². The lowest BCUT2D eigenvalue weighted by atomic mass is 10.1. The van der Waals surface area contributed by atoms with E-state index < -0.39 is 5.60 Å². The highest BCUT2D eigenvalue weighted by molar-refractivity contribution is 14.2. The number of rotatable bonds is 3. The molecule has 8 heteroatoms. The van der Waals surface area contributed by atoms with Crippen molar-refractivity contribution < 1.29 is 9.53 Å². The van der Waals surface area contributed by atoms with Crippen molar-refractivity contribution in [2.45, 2.75) is 33.3 Å². The molecule has 6 nitrogen and oxygen atoms in total. The van der Waals surface area contributed by atoms with Crippen LogP contribution in [0, 0.1) is 6.92 Å². The number of carbonyl (C=O) groups excluding carboxylic acids is 1. The van der Waals surface area contributed by atoms with Gasteiger partial charge in [0.25, 0.3) is 0 Å². The first-order chi connectivity index (χ1) is 14.7. The highest BCUT2D eigenvalue weighted by Gasteiger charge is 2.26. The molecule has 0 radical (unpaired) electrons.